The van der Waals surface area contributed by atoms with Crippen LogP contribution in [0.15, 0.2) is 107 Å². The van der Waals surface area contributed by atoms with Crippen molar-refractivity contribution in [3.63, 3.8) is 0 Å². The predicted octanol–water partition coefficient (Wildman–Crippen LogP) is 9.90. The second-order valence-electron chi connectivity index (χ2n) is 11.3. The van der Waals surface area contributed by atoms with Crippen LogP contribution in [0.25, 0.3) is 0 Å². The van der Waals surface area contributed by atoms with Gasteiger partial charge in [-0.2, -0.15) is 0 Å². The Morgan fingerprint density at radius 3 is 1.73 bits per heavy atom. The first-order valence-electron chi connectivity index (χ1n) is 12.7. The molecule has 0 saturated heterocycles. The van der Waals surface area contributed by atoms with Gasteiger partial charge >= 0.3 is 0 Å². The lowest BCUT2D eigenvalue weighted by Crippen LogP contribution is -2.17. The van der Waals surface area contributed by atoms with Gasteiger partial charge in [0.1, 0.15) is 5.69 Å². The summed E-state index contributed by atoms with van der Waals surface area (Å²) in [6.45, 7) is 12.9. The summed E-state index contributed by atoms with van der Waals surface area (Å²) >= 11 is 0. The van der Waals surface area contributed by atoms with Crippen molar-refractivity contribution >= 4 is 34.7 Å². The number of benzene rings is 4. The van der Waals surface area contributed by atoms with Gasteiger partial charge in [-0.1, -0.05) is 96.1 Å². The van der Waals surface area contributed by atoms with Crippen molar-refractivity contribution < 1.29 is 0 Å². The lowest BCUT2D eigenvalue weighted by atomic mass is 9.78. The van der Waals surface area contributed by atoms with E-state index in [0.717, 1.165) is 39.4 Å². The standard InChI is InChI=1S/C33H35N3O/c1-32(2,3)25-21-24(31(35-37)28(22-25)33(4,5)6)23-34-29-19-13-14-20-30(29)36(26-15-9-7-10-16-26)27-17-11-8-12-18-27/h7-23H,1-6H3. The Bertz CT molecular complexity index is 1360. The molecule has 0 fully saturated rings. The molecule has 0 heterocycles. The third-order valence-corrected chi connectivity index (χ3v) is 6.40. The molecule has 0 aliphatic rings. The molecule has 0 spiro atoms. The third-order valence-electron chi connectivity index (χ3n) is 6.40. The van der Waals surface area contributed by atoms with Crippen molar-refractivity contribution in [3.8, 4) is 0 Å². The zero-order chi connectivity index (χ0) is 26.6. The van der Waals surface area contributed by atoms with Gasteiger partial charge in [-0.05, 0) is 69.6 Å². The molecule has 0 aliphatic carbocycles. The van der Waals surface area contributed by atoms with Crippen LogP contribution in [0.3, 0.4) is 0 Å². The highest BCUT2D eigenvalue weighted by Crippen LogP contribution is 2.41. The molecule has 4 aromatic rings. The summed E-state index contributed by atoms with van der Waals surface area (Å²) in [5.41, 5.74) is 6.76. The van der Waals surface area contributed by atoms with Gasteiger partial charge in [0.2, 0.25) is 0 Å². The summed E-state index contributed by atoms with van der Waals surface area (Å²) in [7, 11) is 0. The fourth-order valence-electron chi connectivity index (χ4n) is 4.34. The smallest absolute Gasteiger partial charge is 0.120 e. The first kappa shape index (κ1) is 26.0. The zero-order valence-corrected chi connectivity index (χ0v) is 22.6. The first-order valence-corrected chi connectivity index (χ1v) is 12.7. The average Bonchev–Trinajstić information content (AvgIpc) is 2.88. The van der Waals surface area contributed by atoms with Crippen molar-refractivity contribution in [2.75, 3.05) is 4.90 Å². The Kier molecular flexibility index (Phi) is 7.40. The Hall–Kier alpha value is -4.05. The van der Waals surface area contributed by atoms with E-state index in [1.54, 1.807) is 6.21 Å². The monoisotopic (exact) mass is 489 g/mol. The highest BCUT2D eigenvalue weighted by molar-refractivity contribution is 5.92. The second-order valence-corrected chi connectivity index (χ2v) is 11.3. The van der Waals surface area contributed by atoms with Crippen molar-refractivity contribution in [2.45, 2.75) is 52.4 Å². The van der Waals surface area contributed by atoms with Crippen LogP contribution in [-0.2, 0) is 10.8 Å². The highest BCUT2D eigenvalue weighted by Gasteiger charge is 2.25. The summed E-state index contributed by atoms with van der Waals surface area (Å²) < 4.78 is 0. The number of aliphatic imine (C=N–C) groups is 1. The van der Waals surface area contributed by atoms with E-state index < -0.39 is 0 Å². The highest BCUT2D eigenvalue weighted by atomic mass is 16.3. The van der Waals surface area contributed by atoms with E-state index in [1.807, 2.05) is 60.7 Å². The van der Waals surface area contributed by atoms with Gasteiger partial charge in [0.15, 0.2) is 0 Å². The van der Waals surface area contributed by atoms with Gasteiger partial charge < -0.3 is 4.90 Å². The van der Waals surface area contributed by atoms with E-state index in [0.29, 0.717) is 5.69 Å². The van der Waals surface area contributed by atoms with Crippen LogP contribution in [0.4, 0.5) is 28.4 Å². The summed E-state index contributed by atoms with van der Waals surface area (Å²) in [5.74, 6) is 0. The molecule has 4 heteroatoms. The lowest BCUT2D eigenvalue weighted by molar-refractivity contribution is 0.569. The minimum Gasteiger partial charge on any atom is -0.308 e. The Labute approximate surface area is 220 Å². The molecule has 4 nitrogen and oxygen atoms in total. The maximum atomic E-state index is 12.1. The van der Waals surface area contributed by atoms with Crippen LogP contribution in [0, 0.1) is 4.91 Å². The Balaban J connectivity index is 1.88. The molecule has 4 rings (SSSR count). The molecule has 0 aromatic heterocycles. The second kappa shape index (κ2) is 10.5. The third kappa shape index (κ3) is 5.86. The van der Waals surface area contributed by atoms with Crippen LogP contribution in [0.2, 0.25) is 0 Å². The summed E-state index contributed by atoms with van der Waals surface area (Å²) in [6.07, 6.45) is 1.79. The van der Waals surface area contributed by atoms with E-state index in [2.05, 4.69) is 88.0 Å². The maximum Gasteiger partial charge on any atom is 0.120 e. The van der Waals surface area contributed by atoms with E-state index in [9.17, 15) is 4.91 Å². The van der Waals surface area contributed by atoms with Crippen LogP contribution in [0.5, 0.6) is 0 Å². The fourth-order valence-corrected chi connectivity index (χ4v) is 4.34. The van der Waals surface area contributed by atoms with Gasteiger partial charge in [-0.15, -0.1) is 4.91 Å². The number of hydrogen-bond acceptors (Lipinski definition) is 4. The van der Waals surface area contributed by atoms with Crippen LogP contribution < -0.4 is 4.90 Å². The van der Waals surface area contributed by atoms with Gasteiger partial charge in [-0.3, -0.25) is 4.99 Å². The molecule has 0 N–H and O–H groups in total. The minimum atomic E-state index is -0.234. The number of anilines is 3. The van der Waals surface area contributed by atoms with Crippen LogP contribution in [0.1, 0.15) is 58.2 Å². The topological polar surface area (TPSA) is 45.0 Å². The number of rotatable bonds is 6. The van der Waals surface area contributed by atoms with Crippen molar-refractivity contribution in [1.82, 2.24) is 0 Å². The SMILES string of the molecule is CC(C)(C)c1cc(C=Nc2ccccc2N(c2ccccc2)c2ccccc2)c(N=O)c(C(C)(C)C)c1. The largest absolute Gasteiger partial charge is 0.308 e. The molecule has 188 valence electrons. The molecule has 0 amide bonds. The maximum absolute atomic E-state index is 12.1. The average molecular weight is 490 g/mol. The summed E-state index contributed by atoms with van der Waals surface area (Å²) in [6, 6.07) is 32.7. The molecule has 37 heavy (non-hydrogen) atoms. The van der Waals surface area contributed by atoms with Crippen LogP contribution >= 0.6 is 0 Å². The van der Waals surface area contributed by atoms with Gasteiger partial charge in [-0.25, -0.2) is 0 Å². The first-order chi connectivity index (χ1) is 17.6. The van der Waals surface area contributed by atoms with Gasteiger partial charge in [0.25, 0.3) is 0 Å². The molecule has 0 radical (unpaired) electrons. The quantitative estimate of drug-likeness (QED) is 0.200. The number of nitrogens with zero attached hydrogens (tertiary/aromatic N) is 3. The molecular weight excluding hydrogens is 454 g/mol. The zero-order valence-electron chi connectivity index (χ0n) is 22.6. The summed E-state index contributed by atoms with van der Waals surface area (Å²) in [4.78, 5) is 19.2. The van der Waals surface area contributed by atoms with Crippen LogP contribution in [-0.4, -0.2) is 6.21 Å². The van der Waals surface area contributed by atoms with E-state index in [4.69, 9.17) is 4.99 Å². The number of para-hydroxylation sites is 4. The molecular formula is C33H35N3O. The van der Waals surface area contributed by atoms with E-state index in [1.165, 1.54) is 0 Å². The minimum absolute atomic E-state index is 0.0840. The molecule has 0 saturated carbocycles. The van der Waals surface area contributed by atoms with Crippen molar-refractivity contribution in [1.29, 1.82) is 0 Å². The number of nitroso groups, excluding NO2 is 1. The van der Waals surface area contributed by atoms with E-state index in [-0.39, 0.29) is 10.8 Å². The fraction of sp³-hybridized carbons (Fsp3) is 0.242. The van der Waals surface area contributed by atoms with Crippen molar-refractivity contribution in [2.24, 2.45) is 10.2 Å². The molecule has 0 aliphatic heterocycles. The van der Waals surface area contributed by atoms with Crippen molar-refractivity contribution in [3.05, 3.63) is 119 Å². The molecule has 0 atom stereocenters. The molecule has 0 unspecified atom stereocenters. The number of hydrogen-bond donors (Lipinski definition) is 0. The Morgan fingerprint density at radius 2 is 1.22 bits per heavy atom. The molecule has 4 aromatic carbocycles. The predicted molar refractivity (Wildman–Crippen MR) is 158 cm³/mol. The summed E-state index contributed by atoms with van der Waals surface area (Å²) in [5, 5.41) is 3.47. The normalized spacial score (nSPS) is 12.1. The van der Waals surface area contributed by atoms with Gasteiger partial charge in [0, 0.05) is 23.2 Å². The lowest BCUT2D eigenvalue weighted by Gasteiger charge is -2.27. The molecule has 0 bridgehead atoms. The Morgan fingerprint density at radius 1 is 0.676 bits per heavy atom. The van der Waals surface area contributed by atoms with E-state index >= 15 is 0 Å². The van der Waals surface area contributed by atoms with Gasteiger partial charge in [0.05, 0.1) is 11.4 Å².